The van der Waals surface area contributed by atoms with E-state index >= 15 is 0 Å². The fraction of sp³-hybridized carbons (Fsp3) is 0.429. The summed E-state index contributed by atoms with van der Waals surface area (Å²) in [5.74, 6) is -1.46. The third-order valence-corrected chi connectivity index (χ3v) is 3.44. The number of aliphatic carboxylic acids is 1. The number of carbonyl (C=O) groups is 2. The molecule has 1 unspecified atom stereocenters. The van der Waals surface area contributed by atoms with Crippen LogP contribution in [0, 0.1) is 11.7 Å². The van der Waals surface area contributed by atoms with E-state index in [4.69, 9.17) is 9.84 Å². The third kappa shape index (κ3) is 3.84. The molecule has 21 heavy (non-hydrogen) atoms. The van der Waals surface area contributed by atoms with Crippen LogP contribution in [0.3, 0.4) is 0 Å². The Balaban J connectivity index is 1.90. The molecular weight excluding hydrogens is 279 g/mol. The molecule has 1 aromatic carbocycles. The second kappa shape index (κ2) is 6.43. The largest absolute Gasteiger partial charge is 0.497 e. The lowest BCUT2D eigenvalue weighted by molar-refractivity contribution is -0.141. The lowest BCUT2D eigenvalue weighted by Crippen LogP contribution is -2.38. The number of nitrogens with zero attached hydrogens (tertiary/aromatic N) is 1. The van der Waals surface area contributed by atoms with Crippen LogP contribution in [-0.2, 0) is 11.3 Å². The maximum Gasteiger partial charge on any atom is 0.317 e. The first-order valence-electron chi connectivity index (χ1n) is 6.58. The van der Waals surface area contributed by atoms with Gasteiger partial charge in [0.1, 0.15) is 11.6 Å². The molecule has 1 aromatic rings. The first kappa shape index (κ1) is 15.1. The number of methoxy groups -OCH3 is 1. The van der Waals surface area contributed by atoms with Gasteiger partial charge < -0.3 is 20.1 Å². The molecule has 2 amide bonds. The second-order valence-corrected chi connectivity index (χ2v) is 4.93. The Morgan fingerprint density at radius 1 is 1.48 bits per heavy atom. The number of ether oxygens (including phenoxy) is 1. The average Bonchev–Trinajstić information content (AvgIpc) is 2.94. The minimum atomic E-state index is -0.889. The molecule has 0 saturated carbocycles. The molecule has 2 rings (SSSR count). The predicted octanol–water partition coefficient (Wildman–Crippen LogP) is 1.45. The van der Waals surface area contributed by atoms with Gasteiger partial charge in [-0.1, -0.05) is 0 Å². The van der Waals surface area contributed by atoms with Crippen molar-refractivity contribution in [3.63, 3.8) is 0 Å². The Bertz CT molecular complexity index is 550. The first-order chi connectivity index (χ1) is 9.99. The molecule has 6 nitrogen and oxygen atoms in total. The Hall–Kier alpha value is -2.31. The SMILES string of the molecule is COc1cc(F)cc(CNC(=O)N2CCC(C(=O)O)C2)c1. The number of hydrogen-bond donors (Lipinski definition) is 2. The molecule has 1 fully saturated rings. The Morgan fingerprint density at radius 3 is 2.86 bits per heavy atom. The number of carboxylic acid groups (broad SMARTS) is 1. The fourth-order valence-corrected chi connectivity index (χ4v) is 2.28. The van der Waals surface area contributed by atoms with Crippen molar-refractivity contribution in [3.8, 4) is 5.75 Å². The Labute approximate surface area is 121 Å². The van der Waals surface area contributed by atoms with Crippen molar-refractivity contribution in [2.24, 2.45) is 5.92 Å². The van der Waals surface area contributed by atoms with Crippen molar-refractivity contribution in [2.75, 3.05) is 20.2 Å². The van der Waals surface area contributed by atoms with Crippen LogP contribution in [0.2, 0.25) is 0 Å². The number of carbonyl (C=O) groups excluding carboxylic acids is 1. The van der Waals surface area contributed by atoms with E-state index in [1.54, 1.807) is 6.07 Å². The zero-order chi connectivity index (χ0) is 15.4. The van der Waals surface area contributed by atoms with E-state index in [9.17, 15) is 14.0 Å². The van der Waals surface area contributed by atoms with Gasteiger partial charge in [-0.25, -0.2) is 9.18 Å². The van der Waals surface area contributed by atoms with Gasteiger partial charge >= 0.3 is 12.0 Å². The lowest BCUT2D eigenvalue weighted by Gasteiger charge is -2.17. The van der Waals surface area contributed by atoms with E-state index < -0.39 is 17.7 Å². The number of urea groups is 1. The van der Waals surface area contributed by atoms with Crippen LogP contribution < -0.4 is 10.1 Å². The molecule has 1 aliphatic rings. The van der Waals surface area contributed by atoms with Crippen molar-refractivity contribution in [1.29, 1.82) is 0 Å². The zero-order valence-corrected chi connectivity index (χ0v) is 11.6. The van der Waals surface area contributed by atoms with E-state index in [1.165, 1.54) is 24.1 Å². The molecule has 1 heterocycles. The van der Waals surface area contributed by atoms with Crippen molar-refractivity contribution in [1.82, 2.24) is 10.2 Å². The van der Waals surface area contributed by atoms with Crippen LogP contribution in [0.1, 0.15) is 12.0 Å². The Morgan fingerprint density at radius 2 is 2.24 bits per heavy atom. The number of benzene rings is 1. The molecule has 1 atom stereocenters. The summed E-state index contributed by atoms with van der Waals surface area (Å²) < 4.78 is 18.3. The van der Waals surface area contributed by atoms with E-state index in [-0.39, 0.29) is 19.1 Å². The van der Waals surface area contributed by atoms with Gasteiger partial charge in [0.2, 0.25) is 0 Å². The van der Waals surface area contributed by atoms with Gasteiger partial charge in [0.05, 0.1) is 13.0 Å². The molecule has 2 N–H and O–H groups in total. The molecule has 0 spiro atoms. The van der Waals surface area contributed by atoms with Crippen molar-refractivity contribution in [3.05, 3.63) is 29.6 Å². The molecule has 0 aromatic heterocycles. The van der Waals surface area contributed by atoms with Crippen molar-refractivity contribution in [2.45, 2.75) is 13.0 Å². The lowest BCUT2D eigenvalue weighted by atomic mass is 10.1. The highest BCUT2D eigenvalue weighted by Crippen LogP contribution is 2.18. The summed E-state index contributed by atoms with van der Waals surface area (Å²) in [6, 6.07) is 3.85. The van der Waals surface area contributed by atoms with Crippen molar-refractivity contribution >= 4 is 12.0 Å². The summed E-state index contributed by atoms with van der Waals surface area (Å²) in [5.41, 5.74) is 0.578. The highest BCUT2D eigenvalue weighted by molar-refractivity contribution is 5.77. The summed E-state index contributed by atoms with van der Waals surface area (Å²) in [5, 5.41) is 11.5. The van der Waals surface area contributed by atoms with Crippen LogP contribution in [0.15, 0.2) is 18.2 Å². The van der Waals surface area contributed by atoms with Crippen LogP contribution in [-0.4, -0.2) is 42.2 Å². The summed E-state index contributed by atoms with van der Waals surface area (Å²) in [4.78, 5) is 24.2. The molecule has 114 valence electrons. The quantitative estimate of drug-likeness (QED) is 0.881. The fourth-order valence-electron chi connectivity index (χ4n) is 2.28. The number of rotatable bonds is 4. The Kier molecular flexibility index (Phi) is 4.62. The third-order valence-electron chi connectivity index (χ3n) is 3.44. The minimum absolute atomic E-state index is 0.154. The predicted molar refractivity (Wildman–Crippen MR) is 72.5 cm³/mol. The molecule has 0 bridgehead atoms. The number of nitrogens with one attached hydrogen (secondary N) is 1. The van der Waals surface area contributed by atoms with Gasteiger partial charge in [-0.2, -0.15) is 0 Å². The standard InChI is InChI=1S/C14H17FN2O4/c1-21-12-5-9(4-11(15)6-12)7-16-14(20)17-3-2-10(8-17)13(18)19/h4-6,10H,2-3,7-8H2,1H3,(H,16,20)(H,18,19). The summed E-state index contributed by atoms with van der Waals surface area (Å²) in [6.07, 6.45) is 0.455. The maximum absolute atomic E-state index is 13.3. The molecule has 0 radical (unpaired) electrons. The summed E-state index contributed by atoms with van der Waals surface area (Å²) in [7, 11) is 1.44. The number of hydrogen-bond acceptors (Lipinski definition) is 3. The molecule has 0 aliphatic carbocycles. The number of halogens is 1. The van der Waals surface area contributed by atoms with E-state index in [0.717, 1.165) is 0 Å². The van der Waals surface area contributed by atoms with Crippen LogP contribution in [0.4, 0.5) is 9.18 Å². The summed E-state index contributed by atoms with van der Waals surface area (Å²) >= 11 is 0. The maximum atomic E-state index is 13.3. The van der Waals surface area contributed by atoms with Crippen LogP contribution in [0.5, 0.6) is 5.75 Å². The second-order valence-electron chi connectivity index (χ2n) is 4.93. The number of likely N-dealkylation sites (tertiary alicyclic amines) is 1. The smallest absolute Gasteiger partial charge is 0.317 e. The van der Waals surface area contributed by atoms with Gasteiger partial charge in [0.25, 0.3) is 0 Å². The van der Waals surface area contributed by atoms with E-state index in [2.05, 4.69) is 5.32 Å². The molecule has 7 heteroatoms. The first-order valence-corrected chi connectivity index (χ1v) is 6.58. The monoisotopic (exact) mass is 296 g/mol. The topological polar surface area (TPSA) is 78.9 Å². The van der Waals surface area contributed by atoms with Gasteiger partial charge in [-0.3, -0.25) is 4.79 Å². The molecule has 1 aliphatic heterocycles. The van der Waals surface area contributed by atoms with Gasteiger partial charge in [0.15, 0.2) is 0 Å². The highest BCUT2D eigenvalue weighted by Gasteiger charge is 2.30. The molecule has 1 saturated heterocycles. The summed E-state index contributed by atoms with van der Waals surface area (Å²) in [6.45, 7) is 0.768. The average molecular weight is 296 g/mol. The van der Waals surface area contributed by atoms with E-state index in [0.29, 0.717) is 24.3 Å². The van der Waals surface area contributed by atoms with E-state index in [1.807, 2.05) is 0 Å². The van der Waals surface area contributed by atoms with Gasteiger partial charge in [-0.05, 0) is 24.1 Å². The number of amides is 2. The van der Waals surface area contributed by atoms with Crippen LogP contribution in [0.25, 0.3) is 0 Å². The minimum Gasteiger partial charge on any atom is -0.497 e. The normalized spacial score (nSPS) is 17.6. The number of carboxylic acids is 1. The zero-order valence-electron chi connectivity index (χ0n) is 11.6. The van der Waals surface area contributed by atoms with Gasteiger partial charge in [-0.15, -0.1) is 0 Å². The molecular formula is C14H17FN2O4. The van der Waals surface area contributed by atoms with Crippen LogP contribution >= 0.6 is 0 Å². The highest BCUT2D eigenvalue weighted by atomic mass is 19.1. The van der Waals surface area contributed by atoms with Gasteiger partial charge in [0, 0.05) is 25.7 Å². The van der Waals surface area contributed by atoms with Crippen molar-refractivity contribution < 1.29 is 23.8 Å².